The third kappa shape index (κ3) is 49.2. The van der Waals surface area contributed by atoms with Crippen LogP contribution in [0, 0.1) is 37.9 Å². The second-order valence-electron chi connectivity index (χ2n) is 49.3. The lowest BCUT2D eigenvalue weighted by molar-refractivity contribution is -0.129. The number of hydrogen-bond acceptors (Lipinski definition) is 19. The number of aliphatic imine (C=N–C) groups is 2. The molecule has 1 aromatic heterocycles. The molecular weight excluding hydrogens is 1570 g/mol. The predicted molar refractivity (Wildman–Crippen MR) is 540 cm³/mol. The number of Topliss-reactive ketones (excluding diaryl/α,β-unsaturated/α-hetero) is 7. The molecule has 0 unspecified atom stereocenters. The lowest BCUT2D eigenvalue weighted by Crippen LogP contribution is -2.54. The van der Waals surface area contributed by atoms with Crippen LogP contribution in [0.4, 0.5) is 0 Å². The summed E-state index contributed by atoms with van der Waals surface area (Å²) in [4.78, 5) is 95.7. The zero-order valence-electron chi connectivity index (χ0n) is 88.2. The minimum absolute atomic E-state index is 0.0415. The van der Waals surface area contributed by atoms with Gasteiger partial charge in [0.2, 0.25) is 0 Å². The third-order valence-corrected chi connectivity index (χ3v) is 20.0. The van der Waals surface area contributed by atoms with E-state index in [9.17, 15) is 33.6 Å². The number of rotatable bonds is 28. The van der Waals surface area contributed by atoms with Gasteiger partial charge in [-0.1, -0.05) is 206 Å². The van der Waals surface area contributed by atoms with Gasteiger partial charge in [0.1, 0.15) is 0 Å². The Morgan fingerprint density at radius 1 is 0.341 bits per heavy atom. The molecule has 3 aliphatic rings. The van der Waals surface area contributed by atoms with Crippen LogP contribution < -0.4 is 54.4 Å². The van der Waals surface area contributed by atoms with E-state index in [4.69, 9.17) is 17.2 Å². The van der Waals surface area contributed by atoms with E-state index in [1.165, 1.54) is 33.2 Å². The smallest absolute Gasteiger partial charge is 0.156 e. The van der Waals surface area contributed by atoms with Crippen LogP contribution in [0.15, 0.2) is 94.3 Å². The van der Waals surface area contributed by atoms with Gasteiger partial charge in [-0.15, -0.1) is 0 Å². The Morgan fingerprint density at radius 2 is 0.627 bits per heavy atom. The Labute approximate surface area is 769 Å². The highest BCUT2D eigenvalue weighted by atomic mass is 16.2. The number of ketones is 7. The number of nitrogens with two attached hydrogens (primary N) is 3. The number of hydrogen-bond donors (Lipinski definition) is 10. The van der Waals surface area contributed by atoms with E-state index in [2.05, 4.69) is 256 Å². The van der Waals surface area contributed by atoms with Crippen LogP contribution in [0.2, 0.25) is 0 Å². The number of nitrogens with zero attached hydrogens (tertiary/aromatic N) is 3. The first-order valence-corrected chi connectivity index (χ1v) is 46.6. The van der Waals surface area contributed by atoms with Crippen LogP contribution in [0.1, 0.15) is 359 Å². The molecule has 3 heterocycles. The Balaban J connectivity index is 0.00000146. The summed E-state index contributed by atoms with van der Waals surface area (Å²) in [6, 6.07) is 15.8. The summed E-state index contributed by atoms with van der Waals surface area (Å²) < 4.78 is 2.14. The van der Waals surface area contributed by atoms with Crippen molar-refractivity contribution < 1.29 is 33.6 Å². The maximum absolute atomic E-state index is 12.9. The molecule has 13 N–H and O–H groups in total. The van der Waals surface area contributed by atoms with Crippen molar-refractivity contribution in [1.29, 1.82) is 0 Å². The van der Waals surface area contributed by atoms with Crippen molar-refractivity contribution >= 4 is 69.4 Å². The molecule has 0 saturated heterocycles. The first kappa shape index (κ1) is 120. The normalized spacial score (nSPS) is 15.9. The molecule has 1 aliphatic carbocycles. The number of fused-ring (bicyclic) bond motifs is 2. The monoisotopic (exact) mass is 1760 g/mol. The van der Waals surface area contributed by atoms with Gasteiger partial charge in [0.25, 0.3) is 0 Å². The second kappa shape index (κ2) is 49.4. The molecule has 0 saturated carbocycles. The van der Waals surface area contributed by atoms with Crippen molar-refractivity contribution in [3.63, 3.8) is 0 Å². The lowest BCUT2D eigenvalue weighted by atomic mass is 9.82. The molecule has 720 valence electrons. The van der Waals surface area contributed by atoms with E-state index >= 15 is 0 Å². The van der Waals surface area contributed by atoms with E-state index in [-0.39, 0.29) is 159 Å². The van der Waals surface area contributed by atoms with E-state index < -0.39 is 0 Å². The first-order valence-electron chi connectivity index (χ1n) is 46.6. The average molecular weight is 1760 g/mol. The van der Waals surface area contributed by atoms with Gasteiger partial charge in [-0.05, 0) is 225 Å². The molecule has 7 atom stereocenters. The van der Waals surface area contributed by atoms with Crippen molar-refractivity contribution in [1.82, 2.24) is 41.8 Å². The SMILES string of the molecule is CC(C)(C)N[C@@H](CC1=CCC=N1)C(=O)C(C)(C)C.CC(C)(C)N[C@@H](CC1=CCC=N1)C(=O)C(C)(C)C.CC(C)(C)N[C@@H](CC1=CCc2ccccc21)C(=O)C(C)(C)C.CC(C)(C)N[C@@H](CCCN)C(=O)C(C)(C)C.CC(C)(C)N[C@@H](CCN)C(=O)C(C)(C)C.CC(C)(C)N[C@@H](CN)C(=O)C(C)(C)C.Cn1cc(C[C@H](NC(C)(C)C)C(=O)C(C)(C)C)c2ccccc21. The molecular formula is C106H189N13O7. The fraction of sp³-hybridized carbons (Fsp3) is 0.726. The summed E-state index contributed by atoms with van der Waals surface area (Å²) in [6.45, 7) is 86.6. The molecule has 0 fully saturated rings. The minimum atomic E-state index is -0.354. The van der Waals surface area contributed by atoms with Gasteiger partial charge in [0.05, 0.1) is 42.3 Å². The fourth-order valence-electron chi connectivity index (χ4n) is 14.5. The van der Waals surface area contributed by atoms with Crippen molar-refractivity contribution in [3.8, 4) is 0 Å². The summed E-state index contributed by atoms with van der Waals surface area (Å²) in [7, 11) is 2.06. The molecule has 20 nitrogen and oxygen atoms in total. The standard InChI is InChI=1S/C20H30N2O.C20H29NO.2C15H26N2O.C13H28N2O.C12H26N2O.C11H24N2O/c1-19(2,3)18(23)16(21-20(4,5)6)12-14-13-22(7)17-11-9-8-10-15(14)17;1-19(2,3)18(22)17(21-20(4,5)6)13-15-12-11-14-9-7-8-10-16(14)15;2*1-14(2,3)13(18)12(17-15(4,5)6)10-11-8-7-9-16-11;1-12(2,3)11(16)10(8-7-9-14)15-13(4,5)6;1-11(2,3)10(15)9(7-8-13)14-12(4,5)6;1-10(2,3)9(14)8(7-12)13-11(4,5)6/h8-11,13,16,21H,12H2,1-7H3;7-10,12,17,21H,11,13H2,1-6H3;2*8-9,12,17H,7,10H2,1-6H3;10,15H,7-9,14H2,1-6H3;9,14H,7-8,13H2,1-6H3;8,13H,7,12H2,1-6H3/t16-;17-;2*12-;10-;9-;8-/m0000000/s1. The number of para-hydroxylation sites is 1. The zero-order chi connectivity index (χ0) is 98.7. The van der Waals surface area contributed by atoms with Gasteiger partial charge in [0, 0.05) is 157 Å². The van der Waals surface area contributed by atoms with Gasteiger partial charge >= 0.3 is 0 Å². The van der Waals surface area contributed by atoms with Crippen molar-refractivity contribution in [2.24, 2.45) is 72.1 Å². The lowest BCUT2D eigenvalue weighted by Gasteiger charge is -2.32. The van der Waals surface area contributed by atoms with Crippen molar-refractivity contribution in [3.05, 3.63) is 101 Å². The van der Waals surface area contributed by atoms with Gasteiger partial charge in [-0.2, -0.15) is 0 Å². The van der Waals surface area contributed by atoms with Crippen LogP contribution >= 0.6 is 0 Å². The van der Waals surface area contributed by atoms with Gasteiger partial charge in [-0.25, -0.2) is 0 Å². The summed E-state index contributed by atoms with van der Waals surface area (Å²) in [6.07, 6.45) is 20.4. The van der Waals surface area contributed by atoms with E-state index in [1.54, 1.807) is 0 Å². The Hall–Kier alpha value is -6.17. The van der Waals surface area contributed by atoms with Crippen LogP contribution in [-0.2, 0) is 53.5 Å². The average Bonchev–Trinajstić information content (AvgIpc) is 1.61. The Morgan fingerprint density at radius 3 is 0.937 bits per heavy atom. The molecule has 6 rings (SSSR count). The molecule has 0 radical (unpaired) electrons. The summed E-state index contributed by atoms with van der Waals surface area (Å²) in [5.41, 5.74) is 22.3. The maximum Gasteiger partial charge on any atom is 0.156 e. The summed E-state index contributed by atoms with van der Waals surface area (Å²) >= 11 is 0. The van der Waals surface area contributed by atoms with Crippen LogP contribution in [0.3, 0.4) is 0 Å². The van der Waals surface area contributed by atoms with E-state index in [1.807, 2.05) is 179 Å². The van der Waals surface area contributed by atoms with Crippen molar-refractivity contribution in [2.75, 3.05) is 19.6 Å². The summed E-state index contributed by atoms with van der Waals surface area (Å²) in [5, 5.41) is 25.1. The quantitative estimate of drug-likeness (QED) is 0.0323. The number of nitrogens with one attached hydrogen (secondary N) is 7. The highest BCUT2D eigenvalue weighted by Gasteiger charge is 2.40. The van der Waals surface area contributed by atoms with Gasteiger partial charge in [0.15, 0.2) is 40.5 Å². The van der Waals surface area contributed by atoms with Gasteiger partial charge < -0.3 is 59.0 Å². The molecule has 3 aromatic rings. The van der Waals surface area contributed by atoms with E-state index in [0.29, 0.717) is 45.3 Å². The molecule has 20 heteroatoms. The molecule has 2 aliphatic heterocycles. The minimum Gasteiger partial charge on any atom is -0.350 e. The molecule has 0 bridgehead atoms. The second-order valence-corrected chi connectivity index (χ2v) is 49.3. The number of aromatic nitrogens is 1. The molecule has 2 aromatic carbocycles. The molecule has 0 amide bonds. The topological polar surface area (TPSA) is 311 Å². The highest BCUT2D eigenvalue weighted by molar-refractivity contribution is 5.94. The Kier molecular flexibility index (Phi) is 46.9. The third-order valence-electron chi connectivity index (χ3n) is 20.0. The van der Waals surface area contributed by atoms with Crippen LogP contribution in [0.25, 0.3) is 16.5 Å². The maximum atomic E-state index is 12.9. The van der Waals surface area contributed by atoms with Gasteiger partial charge in [-0.3, -0.25) is 43.5 Å². The van der Waals surface area contributed by atoms with Crippen LogP contribution in [0.5, 0.6) is 0 Å². The van der Waals surface area contributed by atoms with E-state index in [0.717, 1.165) is 49.9 Å². The molecule has 0 spiro atoms. The number of allylic oxidation sites excluding steroid dienone is 3. The molecule has 126 heavy (non-hydrogen) atoms. The number of aryl methyl sites for hydroxylation is 1. The fourth-order valence-corrected chi connectivity index (χ4v) is 14.5. The number of carbonyl (C=O) groups is 7. The number of carbonyl (C=O) groups excluding carboxylic acids is 7. The predicted octanol–water partition coefficient (Wildman–Crippen LogP) is 19.8. The van der Waals surface area contributed by atoms with Crippen LogP contribution in [-0.4, -0.2) is 158 Å². The number of benzene rings is 2. The summed E-state index contributed by atoms with van der Waals surface area (Å²) in [5.74, 6) is 1.74. The largest absolute Gasteiger partial charge is 0.350 e. The highest BCUT2D eigenvalue weighted by Crippen LogP contribution is 2.35. The first-order chi connectivity index (χ1) is 56.5. The zero-order valence-corrected chi connectivity index (χ0v) is 88.2. The van der Waals surface area contributed by atoms with Crippen molar-refractivity contribution in [2.45, 2.75) is 436 Å². The Bertz CT molecular complexity index is 3990.